The maximum absolute atomic E-state index is 10.9. The van der Waals surface area contributed by atoms with Crippen molar-refractivity contribution in [3.8, 4) is 0 Å². The molecule has 2 aromatic carbocycles. The third-order valence-electron chi connectivity index (χ3n) is 3.29. The molecule has 0 aliphatic rings. The van der Waals surface area contributed by atoms with Gasteiger partial charge in [0.15, 0.2) is 0 Å². The van der Waals surface area contributed by atoms with Gasteiger partial charge in [-0.2, -0.15) is 0 Å². The molecule has 0 aliphatic heterocycles. The summed E-state index contributed by atoms with van der Waals surface area (Å²) in [6.07, 6.45) is 0.928. The van der Waals surface area contributed by atoms with E-state index in [1.165, 1.54) is 5.56 Å². The molecule has 0 saturated heterocycles. The highest BCUT2D eigenvalue weighted by atomic mass is 16.4. The predicted octanol–water partition coefficient (Wildman–Crippen LogP) is 2.65. The Morgan fingerprint density at radius 3 is 2.50 bits per heavy atom. The Bertz CT molecular complexity index is 597. The topological polar surface area (TPSA) is 66.6 Å². The van der Waals surface area contributed by atoms with Crippen LogP contribution in [0.15, 0.2) is 48.5 Å². The first-order chi connectivity index (χ1) is 9.58. The number of carboxylic acids is 1. The zero-order valence-corrected chi connectivity index (χ0v) is 11.4. The fourth-order valence-electron chi connectivity index (χ4n) is 2.05. The van der Waals surface area contributed by atoms with Crippen molar-refractivity contribution in [1.82, 2.24) is 0 Å². The number of aromatic carboxylic acids is 1. The molecule has 0 fully saturated rings. The fourth-order valence-corrected chi connectivity index (χ4v) is 2.05. The van der Waals surface area contributed by atoms with Crippen molar-refractivity contribution in [3.05, 3.63) is 59.7 Å². The van der Waals surface area contributed by atoms with Gasteiger partial charge in [0.05, 0.1) is 5.56 Å². The van der Waals surface area contributed by atoms with E-state index in [0.29, 0.717) is 5.69 Å². The van der Waals surface area contributed by atoms with Crippen LogP contribution in [-0.4, -0.2) is 24.7 Å². The van der Waals surface area contributed by atoms with Crippen molar-refractivity contribution >= 4 is 17.3 Å². The van der Waals surface area contributed by atoms with E-state index < -0.39 is 5.97 Å². The quantitative estimate of drug-likeness (QED) is 0.820. The van der Waals surface area contributed by atoms with Crippen molar-refractivity contribution in [3.63, 3.8) is 0 Å². The first kappa shape index (κ1) is 13.9. The highest BCUT2D eigenvalue weighted by Gasteiger charge is 2.09. The average Bonchev–Trinajstić information content (AvgIpc) is 2.45. The molecule has 3 N–H and O–H groups in total. The molecule has 104 valence electrons. The normalized spacial score (nSPS) is 10.2. The van der Waals surface area contributed by atoms with Gasteiger partial charge in [-0.25, -0.2) is 4.79 Å². The molecule has 2 rings (SSSR count). The van der Waals surface area contributed by atoms with Crippen LogP contribution in [0.1, 0.15) is 15.9 Å². The van der Waals surface area contributed by atoms with E-state index in [0.717, 1.165) is 18.7 Å². The molecule has 2 aromatic rings. The lowest BCUT2D eigenvalue weighted by molar-refractivity contribution is 0.0698. The number of benzene rings is 2. The third-order valence-corrected chi connectivity index (χ3v) is 3.29. The van der Waals surface area contributed by atoms with Crippen LogP contribution in [0.4, 0.5) is 11.4 Å². The molecule has 4 nitrogen and oxygen atoms in total. The summed E-state index contributed by atoms with van der Waals surface area (Å²) in [6.45, 7) is 0.843. The summed E-state index contributed by atoms with van der Waals surface area (Å²) in [7, 11) is 1.97. The van der Waals surface area contributed by atoms with Gasteiger partial charge in [0.2, 0.25) is 0 Å². The lowest BCUT2D eigenvalue weighted by Gasteiger charge is -2.20. The van der Waals surface area contributed by atoms with Crippen LogP contribution in [0.3, 0.4) is 0 Å². The molecular weight excluding hydrogens is 252 g/mol. The smallest absolute Gasteiger partial charge is 0.337 e. The van der Waals surface area contributed by atoms with Gasteiger partial charge >= 0.3 is 5.97 Å². The summed E-state index contributed by atoms with van der Waals surface area (Å²) in [5.74, 6) is -0.999. The average molecular weight is 270 g/mol. The van der Waals surface area contributed by atoms with Gasteiger partial charge in [-0.15, -0.1) is 0 Å². The first-order valence-corrected chi connectivity index (χ1v) is 6.46. The molecule has 4 heteroatoms. The number of carboxylic acid groups (broad SMARTS) is 1. The number of nitrogens with zero attached hydrogens (tertiary/aromatic N) is 1. The summed E-state index contributed by atoms with van der Waals surface area (Å²) >= 11 is 0. The molecule has 0 saturated carbocycles. The second kappa shape index (κ2) is 6.10. The molecule has 0 heterocycles. The maximum Gasteiger partial charge on any atom is 0.337 e. The monoisotopic (exact) mass is 270 g/mol. The summed E-state index contributed by atoms with van der Waals surface area (Å²) in [4.78, 5) is 13.0. The minimum atomic E-state index is -0.999. The summed E-state index contributed by atoms with van der Waals surface area (Å²) in [5.41, 5.74) is 8.39. The van der Waals surface area contributed by atoms with E-state index in [2.05, 4.69) is 17.0 Å². The van der Waals surface area contributed by atoms with Crippen molar-refractivity contribution in [1.29, 1.82) is 0 Å². The third kappa shape index (κ3) is 3.29. The van der Waals surface area contributed by atoms with Gasteiger partial charge in [-0.05, 0) is 30.2 Å². The maximum atomic E-state index is 10.9. The van der Waals surface area contributed by atoms with Gasteiger partial charge in [-0.3, -0.25) is 0 Å². The van der Waals surface area contributed by atoms with Crippen LogP contribution >= 0.6 is 0 Å². The Morgan fingerprint density at radius 1 is 1.20 bits per heavy atom. The highest BCUT2D eigenvalue weighted by Crippen LogP contribution is 2.21. The molecule has 0 amide bonds. The predicted molar refractivity (Wildman–Crippen MR) is 81.2 cm³/mol. The molecule has 0 aliphatic carbocycles. The van der Waals surface area contributed by atoms with Crippen molar-refractivity contribution in [2.24, 2.45) is 0 Å². The van der Waals surface area contributed by atoms with Gasteiger partial charge in [-0.1, -0.05) is 30.3 Å². The second-order valence-corrected chi connectivity index (χ2v) is 4.73. The van der Waals surface area contributed by atoms with E-state index in [9.17, 15) is 4.79 Å². The van der Waals surface area contributed by atoms with Crippen LogP contribution in [0.25, 0.3) is 0 Å². The Labute approximate surface area is 118 Å². The summed E-state index contributed by atoms with van der Waals surface area (Å²) in [6, 6.07) is 15.3. The number of anilines is 2. The largest absolute Gasteiger partial charge is 0.478 e. The van der Waals surface area contributed by atoms with Crippen LogP contribution in [0, 0.1) is 0 Å². The van der Waals surface area contributed by atoms with E-state index in [-0.39, 0.29) is 5.56 Å². The van der Waals surface area contributed by atoms with Crippen LogP contribution in [-0.2, 0) is 6.42 Å². The number of carbonyl (C=O) groups is 1. The summed E-state index contributed by atoms with van der Waals surface area (Å²) in [5, 5.41) is 8.95. The Hall–Kier alpha value is -2.49. The number of nitrogen functional groups attached to an aromatic ring is 1. The lowest BCUT2D eigenvalue weighted by Crippen LogP contribution is -2.20. The Kier molecular flexibility index (Phi) is 4.25. The van der Waals surface area contributed by atoms with Gasteiger partial charge in [0, 0.05) is 25.0 Å². The molecule has 0 spiro atoms. The number of nitrogens with two attached hydrogens (primary N) is 1. The van der Waals surface area contributed by atoms with Crippen molar-refractivity contribution < 1.29 is 9.90 Å². The number of rotatable bonds is 5. The number of likely N-dealkylation sites (N-methyl/N-ethyl adjacent to an activating group) is 1. The van der Waals surface area contributed by atoms with Gasteiger partial charge < -0.3 is 15.7 Å². The standard InChI is InChI=1S/C16H18N2O2/c1-18(10-9-12-5-3-2-4-6-12)13-7-8-14(16(19)20)15(17)11-13/h2-8,11H,9-10,17H2,1H3,(H,19,20). The van der Waals surface area contributed by atoms with Gasteiger partial charge in [0.25, 0.3) is 0 Å². The molecule has 0 radical (unpaired) electrons. The number of hydrogen-bond acceptors (Lipinski definition) is 3. The molecule has 0 aromatic heterocycles. The molecule has 0 unspecified atom stereocenters. The van der Waals surface area contributed by atoms with Crippen LogP contribution in [0.2, 0.25) is 0 Å². The Balaban J connectivity index is 2.04. The molecular formula is C16H18N2O2. The van der Waals surface area contributed by atoms with E-state index >= 15 is 0 Å². The first-order valence-electron chi connectivity index (χ1n) is 6.46. The van der Waals surface area contributed by atoms with Crippen molar-refractivity contribution in [2.75, 3.05) is 24.2 Å². The zero-order chi connectivity index (χ0) is 14.5. The minimum Gasteiger partial charge on any atom is -0.478 e. The molecule has 0 bridgehead atoms. The van der Waals surface area contributed by atoms with E-state index in [1.54, 1.807) is 18.2 Å². The highest BCUT2D eigenvalue weighted by molar-refractivity contribution is 5.94. The van der Waals surface area contributed by atoms with Crippen molar-refractivity contribution in [2.45, 2.75) is 6.42 Å². The van der Waals surface area contributed by atoms with Crippen LogP contribution in [0.5, 0.6) is 0 Å². The second-order valence-electron chi connectivity index (χ2n) is 4.73. The van der Waals surface area contributed by atoms with E-state index in [4.69, 9.17) is 10.8 Å². The Morgan fingerprint density at radius 2 is 1.90 bits per heavy atom. The SMILES string of the molecule is CN(CCc1ccccc1)c1ccc(C(=O)O)c(N)c1. The minimum absolute atomic E-state index is 0.144. The molecule has 0 atom stereocenters. The summed E-state index contributed by atoms with van der Waals surface area (Å²) < 4.78 is 0. The van der Waals surface area contributed by atoms with E-state index in [1.807, 2.05) is 25.2 Å². The zero-order valence-electron chi connectivity index (χ0n) is 11.4. The fraction of sp³-hybridized carbons (Fsp3) is 0.188. The lowest BCUT2D eigenvalue weighted by atomic mass is 10.1. The van der Waals surface area contributed by atoms with Gasteiger partial charge in [0.1, 0.15) is 0 Å². The molecule has 20 heavy (non-hydrogen) atoms. The van der Waals surface area contributed by atoms with Crippen LogP contribution < -0.4 is 10.6 Å². The number of hydrogen-bond donors (Lipinski definition) is 2.